The highest BCUT2D eigenvalue weighted by Crippen LogP contribution is 2.24. The second kappa shape index (κ2) is 10.9. The zero-order valence-corrected chi connectivity index (χ0v) is 19.6. The fraction of sp³-hybridized carbons (Fsp3) is 0.192. The molecule has 1 amide bonds. The van der Waals surface area contributed by atoms with Crippen molar-refractivity contribution in [3.8, 4) is 11.5 Å². The maximum atomic E-state index is 13.0. The summed E-state index contributed by atoms with van der Waals surface area (Å²) >= 11 is 1.28. The number of aromatic nitrogens is 2. The van der Waals surface area contributed by atoms with Crippen LogP contribution in [0.5, 0.6) is 11.5 Å². The second-order valence-electron chi connectivity index (χ2n) is 7.64. The molecule has 2 aromatic heterocycles. The first-order valence-corrected chi connectivity index (χ1v) is 11.6. The standard InChI is InChI=1S/C26H24FN3O3S/c1-17(19-6-5-8-23(14-19)32-15-21-7-3-4-13-28-21)30-26(31)25-18(2)29-24(34-25)16-33-22-11-9-20(27)10-12-22/h3-14,17H,15-16H2,1-2H3,(H,30,31). The van der Waals surface area contributed by atoms with Gasteiger partial charge in [-0.3, -0.25) is 9.78 Å². The van der Waals surface area contributed by atoms with E-state index in [-0.39, 0.29) is 24.4 Å². The number of ether oxygens (including phenoxy) is 2. The molecule has 0 aliphatic heterocycles. The highest BCUT2D eigenvalue weighted by atomic mass is 32.1. The van der Waals surface area contributed by atoms with E-state index in [0.717, 1.165) is 11.3 Å². The zero-order valence-electron chi connectivity index (χ0n) is 18.8. The fourth-order valence-corrected chi connectivity index (χ4v) is 4.14. The van der Waals surface area contributed by atoms with Crippen LogP contribution < -0.4 is 14.8 Å². The summed E-state index contributed by atoms with van der Waals surface area (Å²) in [5.74, 6) is 0.726. The summed E-state index contributed by atoms with van der Waals surface area (Å²) in [5, 5.41) is 3.70. The summed E-state index contributed by atoms with van der Waals surface area (Å²) in [6.45, 7) is 4.29. The van der Waals surface area contributed by atoms with Crippen LogP contribution in [0, 0.1) is 12.7 Å². The Morgan fingerprint density at radius 2 is 1.82 bits per heavy atom. The molecule has 2 heterocycles. The molecule has 174 valence electrons. The van der Waals surface area contributed by atoms with Crippen molar-refractivity contribution >= 4 is 17.2 Å². The monoisotopic (exact) mass is 477 g/mol. The van der Waals surface area contributed by atoms with Crippen LogP contribution in [-0.4, -0.2) is 15.9 Å². The SMILES string of the molecule is Cc1nc(COc2ccc(F)cc2)sc1C(=O)NC(C)c1cccc(OCc2ccccn2)c1. The van der Waals surface area contributed by atoms with Crippen LogP contribution in [0.4, 0.5) is 4.39 Å². The Morgan fingerprint density at radius 1 is 1.03 bits per heavy atom. The maximum Gasteiger partial charge on any atom is 0.263 e. The molecule has 4 rings (SSSR count). The van der Waals surface area contributed by atoms with Crippen molar-refractivity contribution in [2.45, 2.75) is 33.1 Å². The van der Waals surface area contributed by atoms with Crippen LogP contribution in [-0.2, 0) is 13.2 Å². The number of carbonyl (C=O) groups is 1. The van der Waals surface area contributed by atoms with E-state index < -0.39 is 0 Å². The van der Waals surface area contributed by atoms with Gasteiger partial charge >= 0.3 is 0 Å². The van der Waals surface area contributed by atoms with Gasteiger partial charge in [0, 0.05) is 6.20 Å². The molecule has 34 heavy (non-hydrogen) atoms. The van der Waals surface area contributed by atoms with Gasteiger partial charge < -0.3 is 14.8 Å². The van der Waals surface area contributed by atoms with Crippen molar-refractivity contribution < 1.29 is 18.7 Å². The van der Waals surface area contributed by atoms with Crippen molar-refractivity contribution in [1.82, 2.24) is 15.3 Å². The first kappa shape index (κ1) is 23.4. The minimum absolute atomic E-state index is 0.199. The first-order chi connectivity index (χ1) is 16.5. The topological polar surface area (TPSA) is 73.3 Å². The lowest BCUT2D eigenvalue weighted by molar-refractivity contribution is 0.0943. The number of benzene rings is 2. The lowest BCUT2D eigenvalue weighted by Crippen LogP contribution is -2.26. The number of halogens is 1. The van der Waals surface area contributed by atoms with Crippen LogP contribution in [0.25, 0.3) is 0 Å². The lowest BCUT2D eigenvalue weighted by atomic mass is 10.1. The molecule has 8 heteroatoms. The molecule has 6 nitrogen and oxygen atoms in total. The Hall–Kier alpha value is -3.78. The first-order valence-electron chi connectivity index (χ1n) is 10.8. The molecule has 1 atom stereocenters. The van der Waals surface area contributed by atoms with Gasteiger partial charge in [-0.25, -0.2) is 9.37 Å². The summed E-state index contributed by atoms with van der Waals surface area (Å²) in [5.41, 5.74) is 2.41. The zero-order chi connectivity index (χ0) is 23.9. The van der Waals surface area contributed by atoms with E-state index in [1.54, 1.807) is 25.3 Å². The van der Waals surface area contributed by atoms with Gasteiger partial charge in [0.05, 0.1) is 17.4 Å². The van der Waals surface area contributed by atoms with Crippen LogP contribution in [0.1, 0.15) is 44.6 Å². The number of aryl methyl sites for hydroxylation is 1. The van der Waals surface area contributed by atoms with E-state index in [4.69, 9.17) is 9.47 Å². The molecule has 0 fully saturated rings. The number of hydrogen-bond donors (Lipinski definition) is 1. The molecule has 1 unspecified atom stereocenters. The van der Waals surface area contributed by atoms with Gasteiger partial charge in [0.25, 0.3) is 5.91 Å². The molecule has 1 N–H and O–H groups in total. The normalized spacial score (nSPS) is 11.6. The Balaban J connectivity index is 1.35. The van der Waals surface area contributed by atoms with Gasteiger partial charge in [0.15, 0.2) is 0 Å². The lowest BCUT2D eigenvalue weighted by Gasteiger charge is -2.15. The second-order valence-corrected chi connectivity index (χ2v) is 8.73. The number of nitrogens with zero attached hydrogens (tertiary/aromatic N) is 2. The van der Waals surface area contributed by atoms with E-state index in [9.17, 15) is 9.18 Å². The number of rotatable bonds is 9. The van der Waals surface area contributed by atoms with Crippen molar-refractivity contribution in [2.24, 2.45) is 0 Å². The van der Waals surface area contributed by atoms with Gasteiger partial charge in [0.1, 0.15) is 40.4 Å². The third-order valence-electron chi connectivity index (χ3n) is 5.04. The number of hydrogen-bond acceptors (Lipinski definition) is 6. The molecular weight excluding hydrogens is 453 g/mol. The molecule has 4 aromatic rings. The number of nitrogens with one attached hydrogen (secondary N) is 1. The van der Waals surface area contributed by atoms with Crippen molar-refractivity contribution in [1.29, 1.82) is 0 Å². The molecule has 0 saturated heterocycles. The van der Waals surface area contributed by atoms with E-state index in [1.807, 2.05) is 49.4 Å². The predicted octanol–water partition coefficient (Wildman–Crippen LogP) is 5.63. The highest BCUT2D eigenvalue weighted by Gasteiger charge is 2.18. The molecule has 0 radical (unpaired) electrons. The third-order valence-corrected chi connectivity index (χ3v) is 6.17. The average Bonchev–Trinajstić information content (AvgIpc) is 3.24. The maximum absolute atomic E-state index is 13.0. The highest BCUT2D eigenvalue weighted by molar-refractivity contribution is 7.13. The third kappa shape index (κ3) is 6.17. The van der Waals surface area contributed by atoms with Crippen molar-refractivity contribution in [3.05, 3.63) is 106 Å². The smallest absolute Gasteiger partial charge is 0.263 e. The Labute approximate surface area is 201 Å². The van der Waals surface area contributed by atoms with Gasteiger partial charge in [-0.1, -0.05) is 18.2 Å². The quantitative estimate of drug-likeness (QED) is 0.338. The van der Waals surface area contributed by atoms with Gasteiger partial charge in [-0.05, 0) is 67.9 Å². The van der Waals surface area contributed by atoms with Crippen LogP contribution >= 0.6 is 11.3 Å². The average molecular weight is 478 g/mol. The van der Waals surface area contributed by atoms with Crippen molar-refractivity contribution in [2.75, 3.05) is 0 Å². The molecule has 0 bridgehead atoms. The fourth-order valence-electron chi connectivity index (χ4n) is 3.26. The predicted molar refractivity (Wildman–Crippen MR) is 128 cm³/mol. The summed E-state index contributed by atoms with van der Waals surface area (Å²) in [6.07, 6.45) is 1.73. The van der Waals surface area contributed by atoms with E-state index in [0.29, 0.717) is 33.7 Å². The van der Waals surface area contributed by atoms with Gasteiger partial charge in [-0.15, -0.1) is 11.3 Å². The summed E-state index contributed by atoms with van der Waals surface area (Å²) < 4.78 is 24.5. The van der Waals surface area contributed by atoms with Crippen LogP contribution in [0.2, 0.25) is 0 Å². The number of carbonyl (C=O) groups excluding carboxylic acids is 1. The Kier molecular flexibility index (Phi) is 7.49. The van der Waals surface area contributed by atoms with E-state index >= 15 is 0 Å². The van der Waals surface area contributed by atoms with Crippen LogP contribution in [0.3, 0.4) is 0 Å². The number of thiazole rings is 1. The van der Waals surface area contributed by atoms with Gasteiger partial charge in [-0.2, -0.15) is 0 Å². The molecule has 0 spiro atoms. The summed E-state index contributed by atoms with van der Waals surface area (Å²) in [4.78, 5) is 22.1. The number of amides is 1. The largest absolute Gasteiger partial charge is 0.487 e. The molecule has 0 aliphatic carbocycles. The molecule has 2 aromatic carbocycles. The number of pyridine rings is 1. The summed E-state index contributed by atoms with van der Waals surface area (Å²) in [6, 6.07) is 18.9. The Morgan fingerprint density at radius 3 is 2.59 bits per heavy atom. The minimum atomic E-state index is -0.323. The minimum Gasteiger partial charge on any atom is -0.487 e. The van der Waals surface area contributed by atoms with Gasteiger partial charge in [0.2, 0.25) is 0 Å². The van der Waals surface area contributed by atoms with E-state index in [2.05, 4.69) is 15.3 Å². The Bertz CT molecular complexity index is 1250. The summed E-state index contributed by atoms with van der Waals surface area (Å²) in [7, 11) is 0. The molecule has 0 saturated carbocycles. The van der Waals surface area contributed by atoms with E-state index in [1.165, 1.54) is 23.5 Å². The molecular formula is C26H24FN3O3S. The molecule has 0 aliphatic rings. The van der Waals surface area contributed by atoms with Crippen LogP contribution in [0.15, 0.2) is 72.9 Å². The van der Waals surface area contributed by atoms with Crippen molar-refractivity contribution in [3.63, 3.8) is 0 Å².